The van der Waals surface area contributed by atoms with Crippen molar-refractivity contribution in [2.45, 2.75) is 13.8 Å². The fraction of sp³-hybridized carbons (Fsp3) is 0.188. The Labute approximate surface area is 127 Å². The van der Waals surface area contributed by atoms with E-state index in [9.17, 15) is 4.79 Å². The Bertz CT molecular complexity index is 713. The van der Waals surface area contributed by atoms with E-state index in [4.69, 9.17) is 25.9 Å². The molecule has 2 aromatic rings. The van der Waals surface area contributed by atoms with Crippen LogP contribution >= 0.6 is 11.6 Å². The molecule has 0 radical (unpaired) electrons. The minimum Gasteiger partial charge on any atom is -0.496 e. The number of aliphatic carboxylic acids is 1. The van der Waals surface area contributed by atoms with E-state index < -0.39 is 5.97 Å². The SMILES string of the molecule is COc1cc(Cl)c(C)cc1-c1ccc(/C(C)=C/C(=O)O)o1. The van der Waals surface area contributed by atoms with E-state index in [1.807, 2.05) is 13.0 Å². The van der Waals surface area contributed by atoms with Gasteiger partial charge in [0.05, 0.1) is 12.7 Å². The maximum Gasteiger partial charge on any atom is 0.328 e. The average molecular weight is 307 g/mol. The first-order chi connectivity index (χ1) is 9.92. The Morgan fingerprint density at radius 3 is 2.71 bits per heavy atom. The molecular weight excluding hydrogens is 292 g/mol. The summed E-state index contributed by atoms with van der Waals surface area (Å²) >= 11 is 6.08. The molecule has 0 bridgehead atoms. The predicted molar refractivity (Wildman–Crippen MR) is 81.7 cm³/mol. The second kappa shape index (κ2) is 6.06. The van der Waals surface area contributed by atoms with Crippen LogP contribution in [0.15, 0.2) is 34.8 Å². The summed E-state index contributed by atoms with van der Waals surface area (Å²) in [6.07, 6.45) is 1.10. The van der Waals surface area contributed by atoms with Crippen molar-refractivity contribution in [2.24, 2.45) is 0 Å². The number of allylic oxidation sites excluding steroid dienone is 1. The van der Waals surface area contributed by atoms with E-state index in [0.29, 0.717) is 27.9 Å². The number of hydrogen-bond donors (Lipinski definition) is 1. The number of benzene rings is 1. The van der Waals surface area contributed by atoms with Gasteiger partial charge in [0.1, 0.15) is 17.3 Å². The van der Waals surface area contributed by atoms with Crippen molar-refractivity contribution in [3.05, 3.63) is 46.7 Å². The Balaban J connectivity index is 2.47. The molecule has 0 spiro atoms. The predicted octanol–water partition coefficient (Wildman–Crippen LogP) is 4.40. The van der Waals surface area contributed by atoms with Crippen molar-refractivity contribution in [1.82, 2.24) is 0 Å². The molecule has 2 rings (SSSR count). The Morgan fingerprint density at radius 1 is 1.38 bits per heavy atom. The topological polar surface area (TPSA) is 59.7 Å². The number of carboxylic acids is 1. The number of ether oxygens (including phenoxy) is 1. The standard InChI is InChI=1S/C16H15ClO4/c1-9-6-11(15(20-3)8-12(9)17)14-5-4-13(21-14)10(2)7-16(18)19/h4-8H,1-3H3,(H,18,19)/b10-7+. The molecule has 1 aromatic heterocycles. The molecule has 21 heavy (non-hydrogen) atoms. The summed E-state index contributed by atoms with van der Waals surface area (Å²) in [5.41, 5.74) is 2.22. The third kappa shape index (κ3) is 3.28. The molecule has 0 atom stereocenters. The monoisotopic (exact) mass is 306 g/mol. The summed E-state index contributed by atoms with van der Waals surface area (Å²) in [6, 6.07) is 7.11. The number of furan rings is 1. The normalized spacial score (nSPS) is 11.5. The van der Waals surface area contributed by atoms with Gasteiger partial charge in [0, 0.05) is 11.1 Å². The van der Waals surface area contributed by atoms with Gasteiger partial charge in [-0.3, -0.25) is 0 Å². The maximum absolute atomic E-state index is 10.7. The van der Waals surface area contributed by atoms with Gasteiger partial charge in [-0.25, -0.2) is 4.79 Å². The van der Waals surface area contributed by atoms with Crippen LogP contribution in [0.3, 0.4) is 0 Å². The van der Waals surface area contributed by atoms with Gasteiger partial charge in [-0.1, -0.05) is 11.6 Å². The van der Waals surface area contributed by atoms with Crippen LogP contribution in [-0.4, -0.2) is 18.2 Å². The third-order valence-corrected chi connectivity index (χ3v) is 3.49. The second-order valence-electron chi connectivity index (χ2n) is 4.63. The minimum atomic E-state index is -1.01. The molecule has 0 aliphatic rings. The Hall–Kier alpha value is -2.20. The molecule has 0 saturated carbocycles. The van der Waals surface area contributed by atoms with Crippen LogP contribution in [0.2, 0.25) is 5.02 Å². The minimum absolute atomic E-state index is 0.502. The number of carbonyl (C=O) groups is 1. The van der Waals surface area contributed by atoms with Gasteiger partial charge < -0.3 is 14.3 Å². The second-order valence-corrected chi connectivity index (χ2v) is 5.04. The molecule has 1 N–H and O–H groups in total. The number of aryl methyl sites for hydroxylation is 1. The quantitative estimate of drug-likeness (QED) is 0.850. The van der Waals surface area contributed by atoms with Gasteiger partial charge in [-0.15, -0.1) is 0 Å². The fourth-order valence-electron chi connectivity index (χ4n) is 1.98. The summed E-state index contributed by atoms with van der Waals surface area (Å²) in [6.45, 7) is 3.58. The van der Waals surface area contributed by atoms with E-state index in [2.05, 4.69) is 0 Å². The van der Waals surface area contributed by atoms with Crippen LogP contribution in [0, 0.1) is 6.92 Å². The zero-order chi connectivity index (χ0) is 15.6. The number of carboxylic acid groups (broad SMARTS) is 1. The highest BCUT2D eigenvalue weighted by atomic mass is 35.5. The molecule has 1 aromatic carbocycles. The molecule has 4 nitrogen and oxygen atoms in total. The smallest absolute Gasteiger partial charge is 0.328 e. The van der Waals surface area contributed by atoms with Crippen molar-refractivity contribution in [1.29, 1.82) is 0 Å². The van der Waals surface area contributed by atoms with Crippen LogP contribution in [-0.2, 0) is 4.79 Å². The molecule has 0 saturated heterocycles. The van der Waals surface area contributed by atoms with Gasteiger partial charge in [0.2, 0.25) is 0 Å². The lowest BCUT2D eigenvalue weighted by Crippen LogP contribution is -1.89. The van der Waals surface area contributed by atoms with Crippen molar-refractivity contribution in [2.75, 3.05) is 7.11 Å². The van der Waals surface area contributed by atoms with E-state index in [-0.39, 0.29) is 0 Å². The first-order valence-electron chi connectivity index (χ1n) is 6.28. The maximum atomic E-state index is 10.7. The van der Waals surface area contributed by atoms with Crippen molar-refractivity contribution in [3.8, 4) is 17.1 Å². The largest absolute Gasteiger partial charge is 0.496 e. The number of methoxy groups -OCH3 is 1. The molecule has 0 unspecified atom stereocenters. The van der Waals surface area contributed by atoms with E-state index >= 15 is 0 Å². The molecule has 0 amide bonds. The van der Waals surface area contributed by atoms with Crippen LogP contribution in [0.4, 0.5) is 0 Å². The average Bonchev–Trinajstić information content (AvgIpc) is 2.90. The van der Waals surface area contributed by atoms with E-state index in [1.165, 1.54) is 0 Å². The summed E-state index contributed by atoms with van der Waals surface area (Å²) in [5.74, 6) is 0.693. The summed E-state index contributed by atoms with van der Waals surface area (Å²) in [7, 11) is 1.56. The van der Waals surface area contributed by atoms with Crippen molar-refractivity contribution in [3.63, 3.8) is 0 Å². The molecular formula is C16H15ClO4. The van der Waals surface area contributed by atoms with Gasteiger partial charge in [0.15, 0.2) is 0 Å². The van der Waals surface area contributed by atoms with Gasteiger partial charge >= 0.3 is 5.97 Å². The number of rotatable bonds is 4. The Kier molecular flexibility index (Phi) is 4.38. The zero-order valence-corrected chi connectivity index (χ0v) is 12.7. The van der Waals surface area contributed by atoms with Crippen LogP contribution in [0.1, 0.15) is 18.2 Å². The van der Waals surface area contributed by atoms with Crippen LogP contribution in [0.25, 0.3) is 16.9 Å². The van der Waals surface area contributed by atoms with Crippen molar-refractivity contribution >= 4 is 23.1 Å². The third-order valence-electron chi connectivity index (χ3n) is 3.08. The van der Waals surface area contributed by atoms with Crippen molar-refractivity contribution < 1.29 is 19.1 Å². The molecule has 1 heterocycles. The molecule has 5 heteroatoms. The van der Waals surface area contributed by atoms with Crippen LogP contribution < -0.4 is 4.74 Å². The fourth-order valence-corrected chi connectivity index (χ4v) is 2.13. The first-order valence-corrected chi connectivity index (χ1v) is 6.66. The lowest BCUT2D eigenvalue weighted by atomic mass is 10.1. The molecule has 0 aliphatic heterocycles. The van der Waals surface area contributed by atoms with E-state index in [0.717, 1.165) is 17.2 Å². The lowest BCUT2D eigenvalue weighted by molar-refractivity contribution is -0.131. The highest BCUT2D eigenvalue weighted by Crippen LogP contribution is 2.36. The molecule has 110 valence electrons. The first kappa shape index (κ1) is 15.2. The number of halogens is 1. The molecule has 0 fully saturated rings. The zero-order valence-electron chi connectivity index (χ0n) is 11.9. The lowest BCUT2D eigenvalue weighted by Gasteiger charge is -2.09. The molecule has 0 aliphatic carbocycles. The highest BCUT2D eigenvalue weighted by molar-refractivity contribution is 6.31. The summed E-state index contributed by atoms with van der Waals surface area (Å²) in [5, 5.41) is 9.38. The Morgan fingerprint density at radius 2 is 2.10 bits per heavy atom. The summed E-state index contributed by atoms with van der Waals surface area (Å²) < 4.78 is 11.0. The number of hydrogen-bond acceptors (Lipinski definition) is 3. The van der Waals surface area contributed by atoms with E-state index in [1.54, 1.807) is 32.2 Å². The van der Waals surface area contributed by atoms with Crippen LogP contribution in [0.5, 0.6) is 5.75 Å². The van der Waals surface area contributed by atoms with Gasteiger partial charge in [-0.05, 0) is 49.2 Å². The highest BCUT2D eigenvalue weighted by Gasteiger charge is 2.13. The van der Waals surface area contributed by atoms with Gasteiger partial charge in [-0.2, -0.15) is 0 Å². The van der Waals surface area contributed by atoms with Gasteiger partial charge in [0.25, 0.3) is 0 Å². The summed E-state index contributed by atoms with van der Waals surface area (Å²) in [4.78, 5) is 10.7.